The Morgan fingerprint density at radius 2 is 1.80 bits per heavy atom. The van der Waals surface area contributed by atoms with Gasteiger partial charge in [0.05, 0.1) is 5.92 Å². The van der Waals surface area contributed by atoms with Gasteiger partial charge in [-0.15, -0.1) is 0 Å². The number of carboxylic acid groups (broad SMARTS) is 1. The number of rotatable bonds is 3. The Hall–Kier alpha value is -1.06. The highest BCUT2D eigenvalue weighted by atomic mass is 16.4. The smallest absolute Gasteiger partial charge is 0.306 e. The fourth-order valence-electron chi connectivity index (χ4n) is 3.91. The summed E-state index contributed by atoms with van der Waals surface area (Å²) < 4.78 is 0. The number of amides is 1. The molecule has 0 aromatic carbocycles. The minimum atomic E-state index is -0.756. The Morgan fingerprint density at radius 1 is 1.15 bits per heavy atom. The highest BCUT2D eigenvalue weighted by Gasteiger charge is 2.37. The first-order valence-electron chi connectivity index (χ1n) is 7.82. The van der Waals surface area contributed by atoms with Gasteiger partial charge in [-0.2, -0.15) is 0 Å². The van der Waals surface area contributed by atoms with Crippen LogP contribution in [0.4, 0.5) is 0 Å². The van der Waals surface area contributed by atoms with Crippen molar-refractivity contribution >= 4 is 11.9 Å². The highest BCUT2D eigenvalue weighted by molar-refractivity contribution is 5.81. The molecule has 0 aliphatic heterocycles. The molecule has 2 rings (SSSR count). The minimum Gasteiger partial charge on any atom is -0.481 e. The second kappa shape index (κ2) is 5.74. The molecule has 4 heteroatoms. The van der Waals surface area contributed by atoms with Crippen LogP contribution in [0, 0.1) is 23.2 Å². The van der Waals surface area contributed by atoms with Crippen molar-refractivity contribution in [3.8, 4) is 0 Å². The molecule has 2 aliphatic carbocycles. The van der Waals surface area contributed by atoms with Crippen molar-refractivity contribution in [2.45, 2.75) is 65.3 Å². The zero-order chi connectivity index (χ0) is 14.9. The van der Waals surface area contributed by atoms with Crippen LogP contribution >= 0.6 is 0 Å². The van der Waals surface area contributed by atoms with Crippen molar-refractivity contribution in [3.05, 3.63) is 0 Å². The van der Waals surface area contributed by atoms with Gasteiger partial charge in [-0.1, -0.05) is 20.8 Å². The van der Waals surface area contributed by atoms with E-state index in [9.17, 15) is 9.59 Å². The Morgan fingerprint density at radius 3 is 2.35 bits per heavy atom. The zero-order valence-electron chi connectivity index (χ0n) is 12.8. The molecule has 2 N–H and O–H groups in total. The van der Waals surface area contributed by atoms with Crippen molar-refractivity contribution in [2.24, 2.45) is 23.2 Å². The van der Waals surface area contributed by atoms with Gasteiger partial charge < -0.3 is 10.4 Å². The molecule has 2 saturated carbocycles. The van der Waals surface area contributed by atoms with E-state index in [1.165, 1.54) is 0 Å². The third-order valence-corrected chi connectivity index (χ3v) is 5.17. The van der Waals surface area contributed by atoms with Crippen LogP contribution in [0.1, 0.15) is 59.3 Å². The molecule has 0 aromatic rings. The van der Waals surface area contributed by atoms with Crippen LogP contribution in [0.15, 0.2) is 0 Å². The summed E-state index contributed by atoms with van der Waals surface area (Å²) in [6.07, 6.45) is 5.18. The van der Waals surface area contributed by atoms with Crippen LogP contribution in [-0.4, -0.2) is 23.0 Å². The van der Waals surface area contributed by atoms with Crippen LogP contribution in [0.2, 0.25) is 0 Å². The number of hydrogen-bond acceptors (Lipinski definition) is 2. The summed E-state index contributed by atoms with van der Waals surface area (Å²) in [5, 5.41) is 12.2. The summed E-state index contributed by atoms with van der Waals surface area (Å²) in [7, 11) is 0. The van der Waals surface area contributed by atoms with Crippen molar-refractivity contribution < 1.29 is 14.7 Å². The molecule has 0 saturated heterocycles. The second-order valence-electron chi connectivity index (χ2n) is 7.54. The van der Waals surface area contributed by atoms with Crippen molar-refractivity contribution in [2.75, 3.05) is 0 Å². The van der Waals surface area contributed by atoms with Gasteiger partial charge in [0.1, 0.15) is 0 Å². The molecule has 0 bridgehead atoms. The van der Waals surface area contributed by atoms with Crippen LogP contribution in [0.5, 0.6) is 0 Å². The molecule has 0 aromatic heterocycles. The minimum absolute atomic E-state index is 0.0744. The van der Waals surface area contributed by atoms with Gasteiger partial charge in [0.25, 0.3) is 0 Å². The molecular weight excluding hydrogens is 254 g/mol. The summed E-state index contributed by atoms with van der Waals surface area (Å²) in [6, 6.07) is 0.263. The summed E-state index contributed by atoms with van der Waals surface area (Å²) >= 11 is 0. The molecule has 2 fully saturated rings. The lowest BCUT2D eigenvalue weighted by Crippen LogP contribution is -2.46. The van der Waals surface area contributed by atoms with Gasteiger partial charge in [0.2, 0.25) is 5.91 Å². The highest BCUT2D eigenvalue weighted by Crippen LogP contribution is 2.39. The third kappa shape index (κ3) is 3.53. The van der Waals surface area contributed by atoms with E-state index in [0.29, 0.717) is 24.2 Å². The second-order valence-corrected chi connectivity index (χ2v) is 7.54. The van der Waals surface area contributed by atoms with Crippen LogP contribution < -0.4 is 5.32 Å². The SMILES string of the molecule is CC1CC(C)(C)CCC1NC(=O)[C@@H]1CC[C@H](C(=O)O)C1. The van der Waals surface area contributed by atoms with E-state index in [-0.39, 0.29) is 23.8 Å². The molecule has 20 heavy (non-hydrogen) atoms. The van der Waals surface area contributed by atoms with Gasteiger partial charge in [-0.3, -0.25) is 9.59 Å². The van der Waals surface area contributed by atoms with E-state index in [2.05, 4.69) is 26.1 Å². The van der Waals surface area contributed by atoms with Gasteiger partial charge in [-0.05, 0) is 49.9 Å². The Bertz CT molecular complexity index is 391. The van der Waals surface area contributed by atoms with Gasteiger partial charge in [-0.25, -0.2) is 0 Å². The fourth-order valence-corrected chi connectivity index (χ4v) is 3.91. The first-order valence-corrected chi connectivity index (χ1v) is 7.82. The maximum Gasteiger partial charge on any atom is 0.306 e. The van der Waals surface area contributed by atoms with Crippen LogP contribution in [0.3, 0.4) is 0 Å². The molecular formula is C16H27NO3. The summed E-state index contributed by atoms with van der Waals surface area (Å²) in [5.41, 5.74) is 0.377. The average Bonchev–Trinajstić information content (AvgIpc) is 2.81. The molecule has 2 unspecified atom stereocenters. The Labute approximate surface area is 121 Å². The first kappa shape index (κ1) is 15.3. The molecule has 0 heterocycles. The van der Waals surface area contributed by atoms with E-state index >= 15 is 0 Å². The summed E-state index contributed by atoms with van der Waals surface area (Å²) in [5.74, 6) is -0.607. The number of nitrogens with one attached hydrogen (secondary N) is 1. The maximum atomic E-state index is 12.3. The van der Waals surface area contributed by atoms with E-state index < -0.39 is 5.97 Å². The topological polar surface area (TPSA) is 66.4 Å². The van der Waals surface area contributed by atoms with E-state index in [1.54, 1.807) is 0 Å². The molecule has 114 valence electrons. The molecule has 1 amide bonds. The largest absolute Gasteiger partial charge is 0.481 e. The van der Waals surface area contributed by atoms with E-state index in [1.807, 2.05) is 0 Å². The monoisotopic (exact) mass is 281 g/mol. The lowest BCUT2D eigenvalue weighted by Gasteiger charge is -2.39. The predicted molar refractivity (Wildman–Crippen MR) is 77.2 cm³/mol. The van der Waals surface area contributed by atoms with Crippen molar-refractivity contribution in [1.29, 1.82) is 0 Å². The number of carboxylic acids is 1. The molecule has 0 radical (unpaired) electrons. The third-order valence-electron chi connectivity index (χ3n) is 5.17. The maximum absolute atomic E-state index is 12.3. The standard InChI is InChI=1S/C16H27NO3/c1-10-9-16(2,3)7-6-13(10)17-14(18)11-4-5-12(8-11)15(19)20/h10-13H,4-9H2,1-3H3,(H,17,18)(H,19,20)/t10?,11-,12+,13?/m1/s1. The lowest BCUT2D eigenvalue weighted by molar-refractivity contribution is -0.141. The molecule has 2 aliphatic rings. The van der Waals surface area contributed by atoms with Gasteiger partial charge in [0.15, 0.2) is 0 Å². The lowest BCUT2D eigenvalue weighted by atomic mass is 9.70. The van der Waals surface area contributed by atoms with E-state index in [4.69, 9.17) is 5.11 Å². The number of aliphatic carboxylic acids is 1. The Balaban J connectivity index is 1.85. The molecule has 4 nitrogen and oxygen atoms in total. The van der Waals surface area contributed by atoms with Crippen molar-refractivity contribution in [1.82, 2.24) is 5.32 Å². The summed E-state index contributed by atoms with van der Waals surface area (Å²) in [4.78, 5) is 23.2. The first-order chi connectivity index (χ1) is 9.28. The fraction of sp³-hybridized carbons (Fsp3) is 0.875. The van der Waals surface area contributed by atoms with Crippen molar-refractivity contribution in [3.63, 3.8) is 0 Å². The molecule has 4 atom stereocenters. The number of hydrogen-bond donors (Lipinski definition) is 2. The van der Waals surface area contributed by atoms with Crippen LogP contribution in [-0.2, 0) is 9.59 Å². The normalized spacial score (nSPS) is 36.5. The zero-order valence-corrected chi connectivity index (χ0v) is 12.8. The summed E-state index contributed by atoms with van der Waals surface area (Å²) in [6.45, 7) is 6.78. The van der Waals surface area contributed by atoms with Crippen LogP contribution in [0.25, 0.3) is 0 Å². The number of carbonyl (C=O) groups excluding carboxylic acids is 1. The predicted octanol–water partition coefficient (Wildman–Crippen LogP) is 2.82. The van der Waals surface area contributed by atoms with E-state index in [0.717, 1.165) is 25.7 Å². The van der Waals surface area contributed by atoms with Gasteiger partial charge >= 0.3 is 5.97 Å². The Kier molecular flexibility index (Phi) is 4.40. The molecule has 0 spiro atoms. The quantitative estimate of drug-likeness (QED) is 0.836. The average molecular weight is 281 g/mol. The van der Waals surface area contributed by atoms with Gasteiger partial charge in [0, 0.05) is 12.0 Å². The number of carbonyl (C=O) groups is 2.